The van der Waals surface area contributed by atoms with Crippen LogP contribution in [0.2, 0.25) is 0 Å². The maximum atomic E-state index is 11.5. The van der Waals surface area contributed by atoms with E-state index in [1.54, 1.807) is 19.9 Å². The Morgan fingerprint density at radius 3 is 2.15 bits per heavy atom. The molecule has 0 fully saturated rings. The highest BCUT2D eigenvalue weighted by Crippen LogP contribution is 2.38. The van der Waals surface area contributed by atoms with E-state index >= 15 is 0 Å². The summed E-state index contributed by atoms with van der Waals surface area (Å²) in [6.45, 7) is 4.11. The molecule has 1 aromatic carbocycles. The van der Waals surface area contributed by atoms with Crippen LogP contribution in [0.25, 0.3) is 0 Å². The van der Waals surface area contributed by atoms with Gasteiger partial charge in [-0.15, -0.1) is 0 Å². The van der Waals surface area contributed by atoms with Gasteiger partial charge in [0.15, 0.2) is 6.29 Å². The summed E-state index contributed by atoms with van der Waals surface area (Å²) < 4.78 is 26.9. The quantitative estimate of drug-likeness (QED) is 0.348. The maximum absolute atomic E-state index is 11.5. The molecule has 0 saturated heterocycles. The normalized spacial score (nSPS) is 10.7. The van der Waals surface area contributed by atoms with Crippen LogP contribution in [0.4, 0.5) is 5.69 Å². The van der Waals surface area contributed by atoms with Crippen LogP contribution >= 0.6 is 0 Å². The van der Waals surface area contributed by atoms with Crippen molar-refractivity contribution in [2.24, 2.45) is 0 Å². The minimum atomic E-state index is -0.982. The summed E-state index contributed by atoms with van der Waals surface area (Å²) in [6, 6.07) is 5.76. The molecule has 1 heterocycles. The van der Waals surface area contributed by atoms with E-state index in [0.29, 0.717) is 13.2 Å². The molecule has 27 heavy (non-hydrogen) atoms. The van der Waals surface area contributed by atoms with E-state index in [4.69, 9.17) is 23.7 Å². The molecule has 146 valence electrons. The Balaban J connectivity index is 2.53. The van der Waals surface area contributed by atoms with Crippen molar-refractivity contribution in [1.29, 1.82) is 0 Å². The highest BCUT2D eigenvalue weighted by molar-refractivity contribution is 5.51. The summed E-state index contributed by atoms with van der Waals surface area (Å²) >= 11 is 0. The predicted molar refractivity (Wildman–Crippen MR) is 94.3 cm³/mol. The van der Waals surface area contributed by atoms with Gasteiger partial charge in [-0.05, 0) is 19.9 Å². The SMILES string of the molecule is CCOC(OCC)c1c(Oc2nc(OC)cc(OC)n2)cccc1[N+](=O)[O-]. The number of nitro groups is 1. The lowest BCUT2D eigenvalue weighted by Crippen LogP contribution is -2.12. The topological polar surface area (TPSA) is 115 Å². The molecule has 0 amide bonds. The molecular formula is C17H21N3O7. The standard InChI is InChI=1S/C17H21N3O7/c1-5-25-16(26-6-2)15-11(20(21)22)8-7-9-12(15)27-17-18-13(23-3)10-14(19-17)24-4/h7-10,16H,5-6H2,1-4H3. The highest BCUT2D eigenvalue weighted by atomic mass is 16.7. The lowest BCUT2D eigenvalue weighted by molar-refractivity contribution is -0.387. The van der Waals surface area contributed by atoms with Crippen molar-refractivity contribution in [1.82, 2.24) is 9.97 Å². The maximum Gasteiger partial charge on any atom is 0.328 e. The second-order valence-electron chi connectivity index (χ2n) is 5.03. The van der Waals surface area contributed by atoms with E-state index in [0.717, 1.165) is 0 Å². The van der Waals surface area contributed by atoms with Crippen molar-refractivity contribution in [2.75, 3.05) is 27.4 Å². The van der Waals surface area contributed by atoms with Gasteiger partial charge in [-0.2, -0.15) is 9.97 Å². The number of nitrogens with zero attached hydrogens (tertiary/aromatic N) is 3. The molecule has 0 atom stereocenters. The average Bonchev–Trinajstić information content (AvgIpc) is 2.67. The molecule has 10 nitrogen and oxygen atoms in total. The molecule has 0 saturated carbocycles. The van der Waals surface area contributed by atoms with Gasteiger partial charge >= 0.3 is 6.01 Å². The lowest BCUT2D eigenvalue weighted by Gasteiger charge is -2.19. The molecule has 2 aromatic rings. The zero-order valence-electron chi connectivity index (χ0n) is 15.5. The average molecular weight is 379 g/mol. The smallest absolute Gasteiger partial charge is 0.328 e. The zero-order chi connectivity index (χ0) is 19.8. The van der Waals surface area contributed by atoms with Crippen molar-refractivity contribution in [3.05, 3.63) is 39.9 Å². The molecule has 0 aliphatic rings. The Labute approximate surface area is 156 Å². The zero-order valence-corrected chi connectivity index (χ0v) is 15.5. The van der Waals surface area contributed by atoms with Crippen LogP contribution in [-0.4, -0.2) is 42.3 Å². The number of ether oxygens (including phenoxy) is 5. The van der Waals surface area contributed by atoms with Gasteiger partial charge in [-0.3, -0.25) is 10.1 Å². The van der Waals surface area contributed by atoms with E-state index in [2.05, 4.69) is 9.97 Å². The first-order valence-corrected chi connectivity index (χ1v) is 8.19. The number of benzene rings is 1. The number of methoxy groups -OCH3 is 2. The van der Waals surface area contributed by atoms with Gasteiger partial charge in [-0.1, -0.05) is 6.07 Å². The Hall–Kier alpha value is -2.98. The third-order valence-electron chi connectivity index (χ3n) is 3.39. The summed E-state index contributed by atoms with van der Waals surface area (Å²) in [5, 5.41) is 11.5. The van der Waals surface area contributed by atoms with Gasteiger partial charge in [0.25, 0.3) is 5.69 Å². The Morgan fingerprint density at radius 2 is 1.67 bits per heavy atom. The van der Waals surface area contributed by atoms with E-state index in [1.165, 1.54) is 32.4 Å². The van der Waals surface area contributed by atoms with E-state index in [1.807, 2.05) is 0 Å². The summed E-state index contributed by atoms with van der Waals surface area (Å²) in [5.74, 6) is 0.566. The molecule has 0 radical (unpaired) electrons. The van der Waals surface area contributed by atoms with Crippen LogP contribution in [0.3, 0.4) is 0 Å². The second-order valence-corrected chi connectivity index (χ2v) is 5.03. The molecule has 0 N–H and O–H groups in total. The Bertz CT molecular complexity index is 757. The summed E-state index contributed by atoms with van der Waals surface area (Å²) in [4.78, 5) is 19.1. The number of hydrogen-bond acceptors (Lipinski definition) is 9. The fraction of sp³-hybridized carbons (Fsp3) is 0.412. The Morgan fingerprint density at radius 1 is 1.07 bits per heavy atom. The molecule has 0 spiro atoms. The molecule has 2 rings (SSSR count). The molecule has 0 unspecified atom stereocenters. The van der Waals surface area contributed by atoms with Gasteiger partial charge in [0.2, 0.25) is 11.8 Å². The van der Waals surface area contributed by atoms with Crippen LogP contribution in [0.15, 0.2) is 24.3 Å². The van der Waals surface area contributed by atoms with Crippen molar-refractivity contribution < 1.29 is 28.6 Å². The van der Waals surface area contributed by atoms with Crippen molar-refractivity contribution >= 4 is 5.69 Å². The largest absolute Gasteiger partial charge is 0.481 e. The first-order valence-electron chi connectivity index (χ1n) is 8.19. The minimum absolute atomic E-state index is 0.0975. The van der Waals surface area contributed by atoms with Crippen molar-refractivity contribution in [2.45, 2.75) is 20.1 Å². The predicted octanol–water partition coefficient (Wildman–Crippen LogP) is 3.27. The molecule has 0 aliphatic carbocycles. The number of hydrogen-bond donors (Lipinski definition) is 0. The molecule has 0 bridgehead atoms. The van der Waals surface area contributed by atoms with Crippen molar-refractivity contribution in [3.63, 3.8) is 0 Å². The summed E-state index contributed by atoms with van der Waals surface area (Å²) in [7, 11) is 2.87. The van der Waals surface area contributed by atoms with E-state index in [9.17, 15) is 10.1 Å². The Kier molecular flexibility index (Phi) is 7.26. The second kappa shape index (κ2) is 9.64. The third kappa shape index (κ3) is 5.02. The monoisotopic (exact) mass is 379 g/mol. The van der Waals surface area contributed by atoms with Gasteiger partial charge in [0.05, 0.1) is 25.2 Å². The highest BCUT2D eigenvalue weighted by Gasteiger charge is 2.28. The van der Waals surface area contributed by atoms with Crippen LogP contribution in [-0.2, 0) is 9.47 Å². The number of nitro benzene ring substituents is 1. The molecule has 0 aliphatic heterocycles. The van der Waals surface area contributed by atoms with Gasteiger partial charge in [-0.25, -0.2) is 0 Å². The molecule has 10 heteroatoms. The van der Waals surface area contributed by atoms with Crippen LogP contribution in [0.5, 0.6) is 23.5 Å². The van der Waals surface area contributed by atoms with Crippen molar-refractivity contribution in [3.8, 4) is 23.5 Å². The van der Waals surface area contributed by atoms with E-state index < -0.39 is 11.2 Å². The summed E-state index contributed by atoms with van der Waals surface area (Å²) in [5.41, 5.74) is -0.0640. The minimum Gasteiger partial charge on any atom is -0.481 e. The number of aromatic nitrogens is 2. The third-order valence-corrected chi connectivity index (χ3v) is 3.39. The lowest BCUT2D eigenvalue weighted by atomic mass is 10.1. The fourth-order valence-electron chi connectivity index (χ4n) is 2.27. The van der Waals surface area contributed by atoms with Crippen LogP contribution in [0.1, 0.15) is 25.7 Å². The fourth-order valence-corrected chi connectivity index (χ4v) is 2.27. The summed E-state index contributed by atoms with van der Waals surface area (Å²) in [6.07, 6.45) is -0.982. The van der Waals surface area contributed by atoms with Crippen LogP contribution in [0, 0.1) is 10.1 Å². The van der Waals surface area contributed by atoms with Gasteiger partial charge in [0.1, 0.15) is 11.3 Å². The van der Waals surface area contributed by atoms with Gasteiger partial charge in [0, 0.05) is 19.3 Å². The molecular weight excluding hydrogens is 358 g/mol. The number of rotatable bonds is 10. The first kappa shape index (κ1) is 20.3. The van der Waals surface area contributed by atoms with Crippen LogP contribution < -0.4 is 14.2 Å². The van der Waals surface area contributed by atoms with E-state index in [-0.39, 0.29) is 34.8 Å². The molecule has 1 aromatic heterocycles. The first-order chi connectivity index (χ1) is 13.0. The van der Waals surface area contributed by atoms with Gasteiger partial charge < -0.3 is 23.7 Å².